The van der Waals surface area contributed by atoms with E-state index >= 15 is 0 Å². The molecule has 0 saturated heterocycles. The SMILES string of the molecule is Cn1cncc1CCc1nccc2[nH+]c(-c3ccc(C[NH3+])cc3)c(-c3ccccc3)cc12. The molecule has 4 N–H and O–H groups in total. The van der Waals surface area contributed by atoms with Crippen LogP contribution in [0.1, 0.15) is 17.0 Å². The van der Waals surface area contributed by atoms with E-state index < -0.39 is 0 Å². The molecule has 32 heavy (non-hydrogen) atoms. The van der Waals surface area contributed by atoms with E-state index in [1.165, 1.54) is 22.4 Å². The normalized spacial score (nSPS) is 11.2. The fraction of sp³-hybridized carbons (Fsp3) is 0.148. The van der Waals surface area contributed by atoms with Gasteiger partial charge in [0, 0.05) is 42.3 Å². The molecule has 0 amide bonds. The molecule has 0 radical (unpaired) electrons. The lowest BCUT2D eigenvalue weighted by Gasteiger charge is -2.09. The predicted molar refractivity (Wildman–Crippen MR) is 126 cm³/mol. The van der Waals surface area contributed by atoms with Crippen LogP contribution in [0.3, 0.4) is 0 Å². The second kappa shape index (κ2) is 8.73. The molecule has 0 saturated carbocycles. The quantitative estimate of drug-likeness (QED) is 0.455. The number of hydrogen-bond donors (Lipinski definition) is 1. The topological polar surface area (TPSA) is 72.5 Å². The van der Waals surface area contributed by atoms with E-state index in [1.807, 2.05) is 25.8 Å². The number of H-pyrrole nitrogens is 1. The molecule has 5 rings (SSSR count). The number of fused-ring (bicyclic) bond motifs is 1. The van der Waals surface area contributed by atoms with Crippen molar-refractivity contribution in [2.75, 3.05) is 0 Å². The molecule has 0 atom stereocenters. The minimum atomic E-state index is 0.791. The van der Waals surface area contributed by atoms with E-state index in [9.17, 15) is 0 Å². The fourth-order valence-electron chi connectivity index (χ4n) is 4.19. The summed E-state index contributed by atoms with van der Waals surface area (Å²) in [6.07, 6.45) is 7.43. The van der Waals surface area contributed by atoms with Gasteiger partial charge in [0.05, 0.1) is 29.5 Å². The van der Waals surface area contributed by atoms with Crippen LogP contribution in [0.15, 0.2) is 85.5 Å². The van der Waals surface area contributed by atoms with Gasteiger partial charge in [0.25, 0.3) is 0 Å². The molecule has 0 aliphatic heterocycles. The second-order valence-corrected chi connectivity index (χ2v) is 8.09. The molecule has 3 aromatic heterocycles. The number of imidazole rings is 1. The largest absolute Gasteiger partial charge is 0.354 e. The van der Waals surface area contributed by atoms with E-state index in [1.54, 1.807) is 0 Å². The Kier molecular flexibility index (Phi) is 5.48. The number of aromatic amines is 1. The summed E-state index contributed by atoms with van der Waals surface area (Å²) >= 11 is 0. The van der Waals surface area contributed by atoms with Crippen molar-refractivity contribution >= 4 is 10.9 Å². The van der Waals surface area contributed by atoms with Crippen molar-refractivity contribution in [2.45, 2.75) is 19.4 Å². The molecule has 5 nitrogen and oxygen atoms in total. The monoisotopic (exact) mass is 421 g/mol. The van der Waals surface area contributed by atoms with Crippen molar-refractivity contribution < 1.29 is 10.7 Å². The molecular formula is C27H27N5+2. The molecule has 5 aromatic rings. The zero-order valence-electron chi connectivity index (χ0n) is 18.3. The average Bonchev–Trinajstić information content (AvgIpc) is 3.27. The maximum Gasteiger partial charge on any atom is 0.219 e. The third kappa shape index (κ3) is 3.90. The van der Waals surface area contributed by atoms with Gasteiger partial charge < -0.3 is 10.3 Å². The van der Waals surface area contributed by atoms with E-state index in [2.05, 4.69) is 87.0 Å². The summed E-state index contributed by atoms with van der Waals surface area (Å²) in [6.45, 7) is 0.791. The number of nitrogens with one attached hydrogen (secondary N) is 1. The van der Waals surface area contributed by atoms with Crippen molar-refractivity contribution in [1.29, 1.82) is 0 Å². The van der Waals surface area contributed by atoms with Gasteiger partial charge in [0.1, 0.15) is 0 Å². The maximum absolute atomic E-state index is 4.74. The Bertz CT molecular complexity index is 1350. The molecule has 0 bridgehead atoms. The van der Waals surface area contributed by atoms with Gasteiger partial charge in [-0.3, -0.25) is 4.98 Å². The highest BCUT2D eigenvalue weighted by Gasteiger charge is 2.19. The molecule has 0 unspecified atom stereocenters. The molecule has 158 valence electrons. The lowest BCUT2D eigenvalue weighted by Crippen LogP contribution is -2.47. The number of rotatable bonds is 6. The first-order valence-corrected chi connectivity index (χ1v) is 11.0. The minimum absolute atomic E-state index is 0.791. The van der Waals surface area contributed by atoms with Gasteiger partial charge in [-0.05, 0) is 36.6 Å². The summed E-state index contributed by atoms with van der Waals surface area (Å²) in [5.74, 6) is 0. The average molecular weight is 422 g/mol. The van der Waals surface area contributed by atoms with Crippen LogP contribution in [0.5, 0.6) is 0 Å². The Labute approximate surface area is 187 Å². The van der Waals surface area contributed by atoms with Gasteiger partial charge in [-0.2, -0.15) is 0 Å². The van der Waals surface area contributed by atoms with Crippen LogP contribution in [0.2, 0.25) is 0 Å². The van der Waals surface area contributed by atoms with Gasteiger partial charge in [0.15, 0.2) is 0 Å². The summed E-state index contributed by atoms with van der Waals surface area (Å²) in [7, 11) is 2.03. The number of aryl methyl sites for hydroxylation is 3. The summed E-state index contributed by atoms with van der Waals surface area (Å²) < 4.78 is 2.07. The molecule has 0 aliphatic carbocycles. The maximum atomic E-state index is 4.74. The van der Waals surface area contributed by atoms with Crippen molar-refractivity contribution in [2.24, 2.45) is 7.05 Å². The highest BCUT2D eigenvalue weighted by molar-refractivity contribution is 5.89. The first kappa shape index (κ1) is 20.1. The van der Waals surface area contributed by atoms with Crippen LogP contribution in [-0.4, -0.2) is 14.5 Å². The summed E-state index contributed by atoms with van der Waals surface area (Å²) in [5.41, 5.74) is 13.3. The number of aromatic nitrogens is 4. The zero-order chi connectivity index (χ0) is 21.9. The Morgan fingerprint density at radius 2 is 1.75 bits per heavy atom. The Balaban J connectivity index is 1.64. The van der Waals surface area contributed by atoms with Crippen molar-refractivity contribution in [3.8, 4) is 22.4 Å². The van der Waals surface area contributed by atoms with E-state index in [-0.39, 0.29) is 0 Å². The number of nitrogens with zero attached hydrogens (tertiary/aromatic N) is 3. The Morgan fingerprint density at radius 1 is 0.938 bits per heavy atom. The molecular weight excluding hydrogens is 394 g/mol. The summed E-state index contributed by atoms with van der Waals surface area (Å²) in [6, 6.07) is 23.6. The lowest BCUT2D eigenvalue weighted by atomic mass is 9.96. The summed E-state index contributed by atoms with van der Waals surface area (Å²) in [4.78, 5) is 12.7. The Hall–Kier alpha value is -3.83. The minimum Gasteiger partial charge on any atom is -0.354 e. The standard InChI is InChI=1S/C27H25N5/c1-32-18-29-17-22(32)11-12-25-24-15-23(20-5-3-2-4-6-20)27(31-26(24)13-14-30-25)21-9-7-19(16-28)8-10-21/h2-10,13-15,17-18H,11-12,16,28H2,1H3/p+2. The van der Waals surface area contributed by atoms with E-state index in [0.29, 0.717) is 0 Å². The highest BCUT2D eigenvalue weighted by Crippen LogP contribution is 2.32. The van der Waals surface area contributed by atoms with Gasteiger partial charge >= 0.3 is 0 Å². The second-order valence-electron chi connectivity index (χ2n) is 8.09. The predicted octanol–water partition coefficient (Wildman–Crippen LogP) is 3.64. The van der Waals surface area contributed by atoms with Crippen LogP contribution in [-0.2, 0) is 26.4 Å². The number of pyridine rings is 2. The molecule has 5 heteroatoms. The molecule has 0 spiro atoms. The molecule has 3 heterocycles. The van der Waals surface area contributed by atoms with Crippen molar-refractivity contribution in [3.63, 3.8) is 0 Å². The summed E-state index contributed by atoms with van der Waals surface area (Å²) in [5, 5.41) is 1.16. The van der Waals surface area contributed by atoms with Crippen molar-refractivity contribution in [3.05, 3.63) is 102 Å². The first-order valence-electron chi connectivity index (χ1n) is 11.0. The smallest absolute Gasteiger partial charge is 0.219 e. The van der Waals surface area contributed by atoms with E-state index in [0.717, 1.165) is 47.2 Å². The third-order valence-corrected chi connectivity index (χ3v) is 6.04. The van der Waals surface area contributed by atoms with Crippen LogP contribution >= 0.6 is 0 Å². The van der Waals surface area contributed by atoms with Crippen LogP contribution in [0, 0.1) is 0 Å². The van der Waals surface area contributed by atoms with Gasteiger partial charge in [-0.1, -0.05) is 42.5 Å². The fourth-order valence-corrected chi connectivity index (χ4v) is 4.19. The number of hydrogen-bond acceptors (Lipinski definition) is 2. The van der Waals surface area contributed by atoms with Crippen LogP contribution < -0.4 is 10.7 Å². The van der Waals surface area contributed by atoms with Crippen molar-refractivity contribution in [1.82, 2.24) is 14.5 Å². The third-order valence-electron chi connectivity index (χ3n) is 6.04. The van der Waals surface area contributed by atoms with Crippen LogP contribution in [0.25, 0.3) is 33.3 Å². The van der Waals surface area contributed by atoms with Gasteiger partial charge in [0.2, 0.25) is 11.2 Å². The lowest BCUT2D eigenvalue weighted by molar-refractivity contribution is -0.386. The molecule has 0 aliphatic rings. The highest BCUT2D eigenvalue weighted by atomic mass is 15.0. The first-order chi connectivity index (χ1) is 15.7. The number of benzene rings is 2. The van der Waals surface area contributed by atoms with Gasteiger partial charge in [-0.15, -0.1) is 0 Å². The molecule has 2 aromatic carbocycles. The van der Waals surface area contributed by atoms with Crippen LogP contribution in [0.4, 0.5) is 0 Å². The van der Waals surface area contributed by atoms with Gasteiger partial charge in [-0.25, -0.2) is 9.97 Å². The molecule has 0 fully saturated rings. The zero-order valence-corrected chi connectivity index (χ0v) is 18.3. The number of quaternary nitrogens is 1. The Morgan fingerprint density at radius 3 is 2.47 bits per heavy atom. The van der Waals surface area contributed by atoms with E-state index in [4.69, 9.17) is 4.98 Å².